The summed E-state index contributed by atoms with van der Waals surface area (Å²) in [6.45, 7) is 4.09. The van der Waals surface area contributed by atoms with Crippen molar-refractivity contribution in [3.63, 3.8) is 0 Å². The molecule has 6 rings (SSSR count). The lowest BCUT2D eigenvalue weighted by Crippen LogP contribution is -2.55. The van der Waals surface area contributed by atoms with Crippen LogP contribution in [0.4, 0.5) is 16.2 Å². The molecule has 4 bridgehead atoms. The van der Waals surface area contributed by atoms with Crippen molar-refractivity contribution in [1.82, 2.24) is 9.80 Å². The van der Waals surface area contributed by atoms with Gasteiger partial charge in [-0.15, -0.1) is 0 Å². The molecular formula is C22H32N4O. The number of para-hydroxylation sites is 2. The first-order valence-electron chi connectivity index (χ1n) is 10.6. The number of benzene rings is 1. The van der Waals surface area contributed by atoms with Crippen LogP contribution in [0.2, 0.25) is 0 Å². The molecule has 27 heavy (non-hydrogen) atoms. The molecule has 5 aliphatic rings. The molecule has 146 valence electrons. The minimum Gasteiger partial charge on any atom is -0.397 e. The number of amides is 2. The average molecular weight is 369 g/mol. The smallest absolute Gasteiger partial charge is 0.321 e. The lowest BCUT2D eigenvalue weighted by atomic mass is 9.75. The molecule has 3 N–H and O–H groups in total. The van der Waals surface area contributed by atoms with E-state index in [2.05, 4.69) is 17.3 Å². The number of hydrogen-bond acceptors (Lipinski definition) is 3. The molecule has 0 aromatic heterocycles. The predicted molar refractivity (Wildman–Crippen MR) is 108 cm³/mol. The van der Waals surface area contributed by atoms with E-state index >= 15 is 0 Å². The van der Waals surface area contributed by atoms with Crippen LogP contribution in [0.15, 0.2) is 24.3 Å². The molecule has 5 fully saturated rings. The maximum atomic E-state index is 12.4. The highest BCUT2D eigenvalue weighted by Crippen LogP contribution is 2.65. The van der Waals surface area contributed by atoms with Gasteiger partial charge >= 0.3 is 6.03 Å². The molecule has 0 spiro atoms. The third-order valence-electron chi connectivity index (χ3n) is 7.76. The highest BCUT2D eigenvalue weighted by molar-refractivity contribution is 5.93. The van der Waals surface area contributed by atoms with E-state index in [1.165, 1.54) is 38.6 Å². The molecule has 4 aliphatic carbocycles. The van der Waals surface area contributed by atoms with Crippen molar-refractivity contribution in [1.29, 1.82) is 0 Å². The van der Waals surface area contributed by atoms with Crippen molar-refractivity contribution >= 4 is 17.4 Å². The summed E-state index contributed by atoms with van der Waals surface area (Å²) in [7, 11) is 2.29. The van der Waals surface area contributed by atoms with Crippen molar-refractivity contribution < 1.29 is 4.79 Å². The number of carbonyl (C=O) groups is 1. The summed E-state index contributed by atoms with van der Waals surface area (Å²) in [5.41, 5.74) is 7.86. The van der Waals surface area contributed by atoms with E-state index in [0.717, 1.165) is 37.4 Å². The van der Waals surface area contributed by atoms with Crippen LogP contribution >= 0.6 is 0 Å². The number of likely N-dealkylation sites (tertiary alicyclic amines) is 1. The fourth-order valence-electron chi connectivity index (χ4n) is 6.92. The Morgan fingerprint density at radius 1 is 1.22 bits per heavy atom. The summed E-state index contributed by atoms with van der Waals surface area (Å²) in [6, 6.07) is 7.40. The SMILES string of the molecule is CN(CC1CN(C(=O)Nc2ccccc2N)C1)CC12CC3CC(CC1C3)C2. The van der Waals surface area contributed by atoms with Crippen molar-refractivity contribution in [2.75, 3.05) is 44.3 Å². The lowest BCUT2D eigenvalue weighted by molar-refractivity contribution is 0.0735. The van der Waals surface area contributed by atoms with Gasteiger partial charge in [-0.05, 0) is 74.5 Å². The van der Waals surface area contributed by atoms with Gasteiger partial charge in [0.2, 0.25) is 0 Å². The first-order chi connectivity index (χ1) is 13.0. The fraction of sp³-hybridized carbons (Fsp3) is 0.682. The molecule has 1 aliphatic heterocycles. The first-order valence-corrected chi connectivity index (χ1v) is 10.6. The van der Waals surface area contributed by atoms with Crippen molar-refractivity contribution in [2.24, 2.45) is 29.1 Å². The normalized spacial score (nSPS) is 34.3. The Bertz CT molecular complexity index is 715. The largest absolute Gasteiger partial charge is 0.397 e. The zero-order valence-corrected chi connectivity index (χ0v) is 16.4. The number of rotatable bonds is 5. The highest BCUT2D eigenvalue weighted by atomic mass is 16.2. The summed E-state index contributed by atoms with van der Waals surface area (Å²) in [5.74, 6) is 3.66. The number of anilines is 2. The summed E-state index contributed by atoms with van der Waals surface area (Å²) in [4.78, 5) is 16.9. The Morgan fingerprint density at radius 2 is 1.93 bits per heavy atom. The first kappa shape index (κ1) is 17.4. The standard InChI is InChI=1S/C22H32N4O/c1-25(14-22-9-15-6-16(10-22)8-18(22)7-15)11-17-12-26(13-17)21(27)24-20-5-3-2-4-19(20)23/h2-5,15-18H,6-14,23H2,1H3,(H,24,27). The minimum absolute atomic E-state index is 0.0304. The van der Waals surface area contributed by atoms with Crippen LogP contribution in [0.25, 0.3) is 0 Å². The minimum atomic E-state index is -0.0304. The zero-order chi connectivity index (χ0) is 18.6. The van der Waals surface area contributed by atoms with E-state index in [9.17, 15) is 4.79 Å². The van der Waals surface area contributed by atoms with Crippen LogP contribution in [-0.2, 0) is 0 Å². The second-order valence-electron chi connectivity index (χ2n) is 9.89. The van der Waals surface area contributed by atoms with Gasteiger partial charge in [-0.1, -0.05) is 12.1 Å². The molecule has 1 heterocycles. The average Bonchev–Trinajstić information content (AvgIpc) is 2.96. The summed E-state index contributed by atoms with van der Waals surface area (Å²) >= 11 is 0. The van der Waals surface area contributed by atoms with Gasteiger partial charge in [0.1, 0.15) is 0 Å². The molecule has 0 radical (unpaired) electrons. The second kappa shape index (κ2) is 6.40. The quantitative estimate of drug-likeness (QED) is 0.782. The molecule has 1 aromatic carbocycles. The van der Waals surface area contributed by atoms with Crippen LogP contribution in [0.1, 0.15) is 32.1 Å². The molecule has 1 aromatic rings. The van der Waals surface area contributed by atoms with Gasteiger partial charge in [0.05, 0.1) is 11.4 Å². The third kappa shape index (κ3) is 3.10. The van der Waals surface area contributed by atoms with Gasteiger partial charge in [0.15, 0.2) is 0 Å². The number of carbonyl (C=O) groups excluding carboxylic acids is 1. The Kier molecular flexibility index (Phi) is 4.12. The lowest BCUT2D eigenvalue weighted by Gasteiger charge is -2.43. The van der Waals surface area contributed by atoms with Crippen molar-refractivity contribution in [3.8, 4) is 0 Å². The van der Waals surface area contributed by atoms with Gasteiger partial charge in [0.25, 0.3) is 0 Å². The van der Waals surface area contributed by atoms with E-state index < -0.39 is 0 Å². The fourth-order valence-corrected chi connectivity index (χ4v) is 6.92. The van der Waals surface area contributed by atoms with Gasteiger partial charge < -0.3 is 20.9 Å². The second-order valence-corrected chi connectivity index (χ2v) is 9.89. The topological polar surface area (TPSA) is 61.6 Å². The van der Waals surface area contributed by atoms with Gasteiger partial charge in [0, 0.05) is 32.1 Å². The molecular weight excluding hydrogens is 336 g/mol. The molecule has 4 saturated carbocycles. The number of hydrogen-bond donors (Lipinski definition) is 2. The maximum absolute atomic E-state index is 12.4. The number of nitrogens with two attached hydrogens (primary N) is 1. The Hall–Kier alpha value is -1.75. The zero-order valence-electron chi connectivity index (χ0n) is 16.4. The van der Waals surface area contributed by atoms with Gasteiger partial charge in [-0.3, -0.25) is 0 Å². The molecule has 5 heteroatoms. The van der Waals surface area contributed by atoms with Crippen LogP contribution < -0.4 is 11.1 Å². The monoisotopic (exact) mass is 368 g/mol. The third-order valence-corrected chi connectivity index (χ3v) is 7.76. The van der Waals surface area contributed by atoms with E-state index in [0.29, 0.717) is 22.7 Å². The summed E-state index contributed by atoms with van der Waals surface area (Å²) < 4.78 is 0. The Labute approximate surface area is 162 Å². The van der Waals surface area contributed by atoms with Crippen LogP contribution in [-0.4, -0.2) is 49.1 Å². The predicted octanol–water partition coefficient (Wildman–Crippen LogP) is 3.49. The molecule has 2 atom stereocenters. The highest BCUT2D eigenvalue weighted by Gasteiger charge is 2.57. The van der Waals surface area contributed by atoms with E-state index in [-0.39, 0.29) is 6.03 Å². The maximum Gasteiger partial charge on any atom is 0.321 e. The Morgan fingerprint density at radius 3 is 2.63 bits per heavy atom. The molecule has 1 saturated heterocycles. The van der Waals surface area contributed by atoms with E-state index in [1.807, 2.05) is 29.2 Å². The summed E-state index contributed by atoms with van der Waals surface area (Å²) in [5, 5.41) is 2.93. The van der Waals surface area contributed by atoms with Gasteiger partial charge in [-0.25, -0.2) is 4.79 Å². The number of urea groups is 1. The van der Waals surface area contributed by atoms with Crippen molar-refractivity contribution in [2.45, 2.75) is 32.1 Å². The van der Waals surface area contributed by atoms with Crippen molar-refractivity contribution in [3.05, 3.63) is 24.3 Å². The Balaban J connectivity index is 1.09. The molecule has 5 nitrogen and oxygen atoms in total. The number of nitrogens with one attached hydrogen (secondary N) is 1. The number of nitrogen functional groups attached to an aromatic ring is 1. The molecule has 2 unspecified atom stereocenters. The van der Waals surface area contributed by atoms with Crippen LogP contribution in [0.5, 0.6) is 0 Å². The summed E-state index contributed by atoms with van der Waals surface area (Å²) in [6.07, 6.45) is 7.49. The van der Waals surface area contributed by atoms with Gasteiger partial charge in [-0.2, -0.15) is 0 Å². The van der Waals surface area contributed by atoms with Crippen LogP contribution in [0.3, 0.4) is 0 Å². The number of nitrogens with zero attached hydrogens (tertiary/aromatic N) is 2. The van der Waals surface area contributed by atoms with E-state index in [4.69, 9.17) is 5.73 Å². The van der Waals surface area contributed by atoms with Crippen LogP contribution in [0, 0.1) is 29.1 Å². The van der Waals surface area contributed by atoms with E-state index in [1.54, 1.807) is 0 Å². The molecule has 2 amide bonds.